The smallest absolute Gasteiger partial charge is 0.267 e. The van der Waals surface area contributed by atoms with Gasteiger partial charge in [-0.25, -0.2) is 0 Å². The van der Waals surface area contributed by atoms with E-state index in [9.17, 15) is 19.2 Å². The van der Waals surface area contributed by atoms with Crippen molar-refractivity contribution in [1.82, 2.24) is 14.7 Å². The lowest BCUT2D eigenvalue weighted by molar-refractivity contribution is -0.146. The normalized spacial score (nSPS) is 19.5. The third-order valence-corrected chi connectivity index (χ3v) is 6.16. The van der Waals surface area contributed by atoms with Gasteiger partial charge in [-0.05, 0) is 24.3 Å². The molecule has 33 heavy (non-hydrogen) atoms. The summed E-state index contributed by atoms with van der Waals surface area (Å²) in [5, 5.41) is 0. The van der Waals surface area contributed by atoms with Gasteiger partial charge >= 0.3 is 0 Å². The monoisotopic (exact) mass is 449 g/mol. The van der Waals surface area contributed by atoms with Crippen LogP contribution >= 0.6 is 0 Å². The number of carbonyl (C=O) groups excluding carboxylic acids is 4. The largest absolute Gasteiger partial charge is 0.485 e. The van der Waals surface area contributed by atoms with Crippen molar-refractivity contribution >= 4 is 23.6 Å². The minimum Gasteiger partial charge on any atom is -0.485 e. The van der Waals surface area contributed by atoms with E-state index in [1.165, 1.54) is 0 Å². The summed E-state index contributed by atoms with van der Waals surface area (Å²) in [4.78, 5) is 54.9. The number of benzene rings is 2. The number of ether oxygens (including phenoxy) is 2. The van der Waals surface area contributed by atoms with Gasteiger partial charge in [0.1, 0.15) is 6.61 Å². The summed E-state index contributed by atoms with van der Waals surface area (Å²) in [7, 11) is 0. The molecule has 5 rings (SSSR count). The maximum Gasteiger partial charge on any atom is 0.267 e. The van der Waals surface area contributed by atoms with Crippen molar-refractivity contribution in [3.05, 3.63) is 59.7 Å². The molecule has 0 aromatic heterocycles. The van der Waals surface area contributed by atoms with E-state index < -0.39 is 6.10 Å². The van der Waals surface area contributed by atoms with E-state index in [4.69, 9.17) is 9.47 Å². The van der Waals surface area contributed by atoms with Crippen LogP contribution in [0.4, 0.5) is 0 Å². The van der Waals surface area contributed by atoms with Crippen molar-refractivity contribution in [2.75, 3.05) is 39.3 Å². The van der Waals surface area contributed by atoms with Gasteiger partial charge in [0.25, 0.3) is 17.7 Å². The highest BCUT2D eigenvalue weighted by molar-refractivity contribution is 6.21. The molecule has 0 saturated carbocycles. The number of nitrogens with zero attached hydrogens (tertiary/aromatic N) is 3. The Hall–Kier alpha value is -3.88. The highest BCUT2D eigenvalue weighted by Crippen LogP contribution is 2.31. The fourth-order valence-corrected chi connectivity index (χ4v) is 4.33. The molecule has 0 spiro atoms. The summed E-state index contributed by atoms with van der Waals surface area (Å²) >= 11 is 0. The molecule has 2 aromatic rings. The average molecular weight is 449 g/mol. The van der Waals surface area contributed by atoms with Crippen LogP contribution in [0.5, 0.6) is 11.5 Å². The van der Waals surface area contributed by atoms with Crippen LogP contribution in [0.15, 0.2) is 48.5 Å². The molecule has 1 unspecified atom stereocenters. The Bertz CT molecular complexity index is 1090. The maximum absolute atomic E-state index is 12.9. The van der Waals surface area contributed by atoms with Crippen molar-refractivity contribution in [2.45, 2.75) is 12.5 Å². The number of imide groups is 1. The molecular formula is C24H23N3O6. The van der Waals surface area contributed by atoms with Crippen LogP contribution < -0.4 is 9.47 Å². The van der Waals surface area contributed by atoms with Gasteiger partial charge in [-0.1, -0.05) is 24.3 Å². The van der Waals surface area contributed by atoms with Gasteiger partial charge in [-0.15, -0.1) is 0 Å². The molecule has 0 bridgehead atoms. The number of para-hydroxylation sites is 2. The van der Waals surface area contributed by atoms with Crippen LogP contribution in [0.1, 0.15) is 27.1 Å². The predicted molar refractivity (Wildman–Crippen MR) is 116 cm³/mol. The van der Waals surface area contributed by atoms with Crippen LogP contribution in [0.25, 0.3) is 0 Å². The molecule has 9 heteroatoms. The summed E-state index contributed by atoms with van der Waals surface area (Å²) in [6.45, 7) is 1.73. The summed E-state index contributed by atoms with van der Waals surface area (Å²) in [6.07, 6.45) is -0.661. The van der Waals surface area contributed by atoms with Gasteiger partial charge in [0.2, 0.25) is 12.0 Å². The third-order valence-electron chi connectivity index (χ3n) is 6.16. The number of carbonyl (C=O) groups is 4. The van der Waals surface area contributed by atoms with Gasteiger partial charge in [0.15, 0.2) is 11.5 Å². The molecule has 3 heterocycles. The SMILES string of the molecule is O=C(CCN1C(=O)c2ccccc2C1=O)N1CCN(C(=O)C2COc3ccccc3O2)CC1. The first kappa shape index (κ1) is 21.0. The van der Waals surface area contributed by atoms with E-state index in [-0.39, 0.29) is 43.2 Å². The van der Waals surface area contributed by atoms with E-state index in [0.29, 0.717) is 48.8 Å². The third kappa shape index (κ3) is 3.90. The van der Waals surface area contributed by atoms with Crippen molar-refractivity contribution < 1.29 is 28.7 Å². The van der Waals surface area contributed by atoms with Crippen LogP contribution in [-0.4, -0.2) is 83.8 Å². The van der Waals surface area contributed by atoms with E-state index in [0.717, 1.165) is 4.90 Å². The Kier molecular flexibility index (Phi) is 5.45. The van der Waals surface area contributed by atoms with Crippen molar-refractivity contribution in [3.8, 4) is 11.5 Å². The topological polar surface area (TPSA) is 96.5 Å². The molecule has 1 saturated heterocycles. The van der Waals surface area contributed by atoms with Gasteiger partial charge in [0, 0.05) is 39.1 Å². The van der Waals surface area contributed by atoms with Crippen LogP contribution in [0.3, 0.4) is 0 Å². The first-order valence-corrected chi connectivity index (χ1v) is 10.9. The Morgan fingerprint density at radius 2 is 1.39 bits per heavy atom. The molecule has 3 aliphatic rings. The molecule has 9 nitrogen and oxygen atoms in total. The zero-order valence-corrected chi connectivity index (χ0v) is 17.9. The fraction of sp³-hybridized carbons (Fsp3) is 0.333. The Labute approximate surface area is 190 Å². The summed E-state index contributed by atoms with van der Waals surface area (Å²) in [6, 6.07) is 13.9. The molecular weight excluding hydrogens is 426 g/mol. The highest BCUT2D eigenvalue weighted by atomic mass is 16.6. The van der Waals surface area contributed by atoms with E-state index in [1.807, 2.05) is 12.1 Å². The van der Waals surface area contributed by atoms with Gasteiger partial charge in [-0.2, -0.15) is 0 Å². The lowest BCUT2D eigenvalue weighted by atomic mass is 10.1. The Morgan fingerprint density at radius 3 is 2.06 bits per heavy atom. The zero-order chi connectivity index (χ0) is 22.9. The number of hydrogen-bond donors (Lipinski definition) is 0. The molecule has 0 radical (unpaired) electrons. The van der Waals surface area contributed by atoms with Crippen LogP contribution in [0.2, 0.25) is 0 Å². The van der Waals surface area contributed by atoms with E-state index >= 15 is 0 Å². The molecule has 0 aliphatic carbocycles. The molecule has 4 amide bonds. The van der Waals surface area contributed by atoms with E-state index in [1.54, 1.807) is 46.2 Å². The summed E-state index contributed by atoms with van der Waals surface area (Å²) in [5.74, 6) is 0.122. The van der Waals surface area contributed by atoms with Crippen molar-refractivity contribution in [2.24, 2.45) is 0 Å². The minimum atomic E-state index is -0.712. The second-order valence-corrected chi connectivity index (χ2v) is 8.13. The quantitative estimate of drug-likeness (QED) is 0.651. The number of fused-ring (bicyclic) bond motifs is 2. The first-order chi connectivity index (χ1) is 16.0. The zero-order valence-electron chi connectivity index (χ0n) is 17.9. The summed E-state index contributed by atoms with van der Waals surface area (Å²) < 4.78 is 11.4. The number of rotatable bonds is 4. The summed E-state index contributed by atoms with van der Waals surface area (Å²) in [5.41, 5.74) is 0.747. The van der Waals surface area contributed by atoms with E-state index in [2.05, 4.69) is 0 Å². The lowest BCUT2D eigenvalue weighted by Gasteiger charge is -2.37. The minimum absolute atomic E-state index is 0.0387. The fourth-order valence-electron chi connectivity index (χ4n) is 4.33. The highest BCUT2D eigenvalue weighted by Gasteiger charge is 2.36. The average Bonchev–Trinajstić information content (AvgIpc) is 3.11. The standard InChI is InChI=1S/C24H23N3O6/c28-21(9-10-27-22(29)16-5-1-2-6-17(16)23(27)30)25-11-13-26(14-12-25)24(31)20-15-32-18-7-3-4-8-19(18)33-20/h1-8,20H,9-15H2. The molecule has 1 atom stereocenters. The number of piperazine rings is 1. The molecule has 3 aliphatic heterocycles. The first-order valence-electron chi connectivity index (χ1n) is 10.9. The van der Waals surface area contributed by atoms with Gasteiger partial charge < -0.3 is 19.3 Å². The van der Waals surface area contributed by atoms with Gasteiger partial charge in [0.05, 0.1) is 11.1 Å². The molecule has 1 fully saturated rings. The van der Waals surface area contributed by atoms with Crippen LogP contribution in [-0.2, 0) is 9.59 Å². The number of amides is 4. The second kappa shape index (κ2) is 8.57. The van der Waals surface area contributed by atoms with Gasteiger partial charge in [-0.3, -0.25) is 24.1 Å². The lowest BCUT2D eigenvalue weighted by Crippen LogP contribution is -2.55. The van der Waals surface area contributed by atoms with Crippen molar-refractivity contribution in [3.63, 3.8) is 0 Å². The van der Waals surface area contributed by atoms with Crippen LogP contribution in [0, 0.1) is 0 Å². The number of hydrogen-bond acceptors (Lipinski definition) is 6. The Morgan fingerprint density at radius 1 is 0.818 bits per heavy atom. The maximum atomic E-state index is 12.9. The molecule has 0 N–H and O–H groups in total. The molecule has 170 valence electrons. The Balaban J connectivity index is 1.11. The van der Waals surface area contributed by atoms with Crippen molar-refractivity contribution in [1.29, 1.82) is 0 Å². The second-order valence-electron chi connectivity index (χ2n) is 8.13. The molecule has 2 aromatic carbocycles. The predicted octanol–water partition coefficient (Wildman–Crippen LogP) is 1.18.